The molecule has 39 heavy (non-hydrogen) atoms. The number of ether oxygens (including phenoxy) is 1. The summed E-state index contributed by atoms with van der Waals surface area (Å²) in [5.41, 5.74) is 1.15. The monoisotopic (exact) mass is 545 g/mol. The lowest BCUT2D eigenvalue weighted by Crippen LogP contribution is -2.55. The Bertz CT molecular complexity index is 1150. The minimum Gasteiger partial charge on any atom is -0.496 e. The van der Waals surface area contributed by atoms with Crippen molar-refractivity contribution in [3.05, 3.63) is 29.6 Å². The second-order valence-corrected chi connectivity index (χ2v) is 9.86. The molecule has 214 valence electrons. The first-order valence-corrected chi connectivity index (χ1v) is 13.0. The van der Waals surface area contributed by atoms with Crippen LogP contribution in [0.2, 0.25) is 0 Å². The Labute approximate surface area is 228 Å². The van der Waals surface area contributed by atoms with Gasteiger partial charge in [0.05, 0.1) is 32.5 Å². The molecule has 0 aliphatic carbocycles. The predicted molar refractivity (Wildman–Crippen MR) is 143 cm³/mol. The number of Topliss-reactive ketones (excluding diaryl/α,β-unsaturated/α-hetero) is 1. The van der Waals surface area contributed by atoms with Gasteiger partial charge in [0.2, 0.25) is 11.8 Å². The van der Waals surface area contributed by atoms with Crippen LogP contribution in [0.25, 0.3) is 11.5 Å². The fraction of sp³-hybridized carbons (Fsp3) is 0.556. The number of aryl methyl sites for hydroxylation is 1. The van der Waals surface area contributed by atoms with Crippen molar-refractivity contribution in [3.63, 3.8) is 0 Å². The second-order valence-electron chi connectivity index (χ2n) is 9.86. The highest BCUT2D eigenvalue weighted by Crippen LogP contribution is 2.26. The molecular weight excluding hydrogens is 506 g/mol. The van der Waals surface area contributed by atoms with Gasteiger partial charge in [0.25, 0.3) is 5.89 Å². The molecule has 0 aliphatic heterocycles. The van der Waals surface area contributed by atoms with Crippen LogP contribution in [0.15, 0.2) is 22.7 Å². The average Bonchev–Trinajstić information content (AvgIpc) is 3.31. The average molecular weight is 546 g/mol. The highest BCUT2D eigenvalue weighted by molar-refractivity contribution is 5.95. The van der Waals surface area contributed by atoms with E-state index in [1.807, 2.05) is 6.92 Å². The standard InChI is InChI=1S/C27H39N5O7/c1-7-8-11-32(5)15-21(33)20(14-24(35)36)29-26(37)25(16(2)3)30-23(34)13-19-12-18(9-10-22(19)38-6)27-28-17(4)31-39-27/h9-10,12,16,20,25H,7-8,11,13-15H2,1-6H3,(H,29,37)(H,30,34)(H,35,36)/t20?,25-/m0/s1. The summed E-state index contributed by atoms with van der Waals surface area (Å²) in [5, 5.41) is 18.4. The van der Waals surface area contributed by atoms with Crippen molar-refractivity contribution in [2.75, 3.05) is 27.2 Å². The van der Waals surface area contributed by atoms with Crippen molar-refractivity contribution in [1.29, 1.82) is 0 Å². The molecule has 0 radical (unpaired) electrons. The number of aliphatic carboxylic acids is 1. The van der Waals surface area contributed by atoms with Crippen molar-refractivity contribution in [2.45, 2.75) is 65.5 Å². The summed E-state index contributed by atoms with van der Waals surface area (Å²) >= 11 is 0. The summed E-state index contributed by atoms with van der Waals surface area (Å²) in [4.78, 5) is 56.4. The van der Waals surface area contributed by atoms with E-state index in [0.29, 0.717) is 35.1 Å². The van der Waals surface area contributed by atoms with Crippen LogP contribution in [0.4, 0.5) is 0 Å². The molecular formula is C27H39N5O7. The number of amides is 2. The van der Waals surface area contributed by atoms with E-state index in [1.54, 1.807) is 50.9 Å². The predicted octanol–water partition coefficient (Wildman–Crippen LogP) is 2.00. The maximum atomic E-state index is 13.2. The van der Waals surface area contributed by atoms with Crippen LogP contribution in [-0.4, -0.2) is 83.0 Å². The third kappa shape index (κ3) is 9.78. The Morgan fingerprint density at radius 3 is 2.46 bits per heavy atom. The molecule has 2 rings (SSSR count). The number of hydrogen-bond acceptors (Lipinski definition) is 9. The Morgan fingerprint density at radius 2 is 1.90 bits per heavy atom. The van der Waals surface area contributed by atoms with Gasteiger partial charge in [0.15, 0.2) is 11.6 Å². The number of carbonyl (C=O) groups is 4. The number of carboxylic acids is 1. The van der Waals surface area contributed by atoms with Gasteiger partial charge in [-0.25, -0.2) is 0 Å². The molecule has 0 spiro atoms. The first-order chi connectivity index (χ1) is 18.4. The summed E-state index contributed by atoms with van der Waals surface area (Å²) in [6, 6.07) is 2.91. The first kappa shape index (κ1) is 31.4. The minimum atomic E-state index is -1.22. The molecule has 3 N–H and O–H groups in total. The number of methoxy groups -OCH3 is 1. The van der Waals surface area contributed by atoms with E-state index in [0.717, 1.165) is 12.8 Å². The molecule has 0 saturated heterocycles. The summed E-state index contributed by atoms with van der Waals surface area (Å²) in [7, 11) is 3.25. The number of ketones is 1. The van der Waals surface area contributed by atoms with Gasteiger partial charge in [-0.15, -0.1) is 0 Å². The highest BCUT2D eigenvalue weighted by atomic mass is 16.5. The van der Waals surface area contributed by atoms with Gasteiger partial charge in [0.1, 0.15) is 11.8 Å². The molecule has 2 atom stereocenters. The SMILES string of the molecule is CCCCN(C)CC(=O)C(CC(=O)O)NC(=O)[C@@H](NC(=O)Cc1cc(-c2nc(C)no2)ccc1OC)C(C)C. The zero-order chi connectivity index (χ0) is 29.1. The van der Waals surface area contributed by atoms with E-state index in [9.17, 15) is 24.3 Å². The van der Waals surface area contributed by atoms with E-state index >= 15 is 0 Å². The molecule has 1 heterocycles. The van der Waals surface area contributed by atoms with Crippen LogP contribution in [-0.2, 0) is 25.6 Å². The summed E-state index contributed by atoms with van der Waals surface area (Å²) in [6.45, 7) is 7.91. The molecule has 0 bridgehead atoms. The molecule has 12 heteroatoms. The number of nitrogens with one attached hydrogen (secondary N) is 2. The summed E-state index contributed by atoms with van der Waals surface area (Å²) in [5.74, 6) is -1.80. The normalized spacial score (nSPS) is 12.7. The number of rotatable bonds is 16. The number of benzene rings is 1. The number of nitrogens with zero attached hydrogens (tertiary/aromatic N) is 3. The lowest BCUT2D eigenvalue weighted by atomic mass is 10.0. The maximum Gasteiger partial charge on any atom is 0.305 e. The van der Waals surface area contributed by atoms with Crippen molar-refractivity contribution >= 4 is 23.6 Å². The van der Waals surface area contributed by atoms with Gasteiger partial charge >= 0.3 is 5.97 Å². The van der Waals surface area contributed by atoms with Crippen LogP contribution >= 0.6 is 0 Å². The lowest BCUT2D eigenvalue weighted by Gasteiger charge is -2.26. The minimum absolute atomic E-state index is 0.00658. The van der Waals surface area contributed by atoms with Gasteiger partial charge in [-0.05, 0) is 51.1 Å². The van der Waals surface area contributed by atoms with Crippen molar-refractivity contribution in [2.24, 2.45) is 5.92 Å². The first-order valence-electron chi connectivity index (χ1n) is 13.0. The molecule has 0 saturated carbocycles. The largest absolute Gasteiger partial charge is 0.496 e. The van der Waals surface area contributed by atoms with Crippen molar-refractivity contribution in [1.82, 2.24) is 25.7 Å². The molecule has 1 aromatic carbocycles. The van der Waals surface area contributed by atoms with Crippen LogP contribution < -0.4 is 15.4 Å². The fourth-order valence-corrected chi connectivity index (χ4v) is 3.96. The molecule has 0 fully saturated rings. The van der Waals surface area contributed by atoms with E-state index in [2.05, 4.69) is 20.8 Å². The zero-order valence-corrected chi connectivity index (χ0v) is 23.4. The molecule has 2 amide bonds. The van der Waals surface area contributed by atoms with Crippen LogP contribution in [0.3, 0.4) is 0 Å². The van der Waals surface area contributed by atoms with Crippen LogP contribution in [0, 0.1) is 12.8 Å². The number of hydrogen-bond donors (Lipinski definition) is 3. The maximum absolute atomic E-state index is 13.2. The number of carboxylic acid groups (broad SMARTS) is 1. The van der Waals surface area contributed by atoms with Gasteiger partial charge in [-0.1, -0.05) is 32.3 Å². The van der Waals surface area contributed by atoms with Crippen LogP contribution in [0.1, 0.15) is 51.4 Å². The Kier molecular flexibility index (Phi) is 12.1. The Morgan fingerprint density at radius 1 is 1.18 bits per heavy atom. The lowest BCUT2D eigenvalue weighted by molar-refractivity contribution is -0.141. The van der Waals surface area contributed by atoms with Gasteiger partial charge in [-0.3, -0.25) is 24.1 Å². The van der Waals surface area contributed by atoms with Crippen molar-refractivity contribution < 1.29 is 33.5 Å². The van der Waals surface area contributed by atoms with Crippen LogP contribution in [0.5, 0.6) is 5.75 Å². The zero-order valence-electron chi connectivity index (χ0n) is 23.4. The fourth-order valence-electron chi connectivity index (χ4n) is 3.96. The van der Waals surface area contributed by atoms with E-state index < -0.39 is 42.1 Å². The quantitative estimate of drug-likeness (QED) is 0.284. The number of unbranched alkanes of at least 4 members (excludes halogenated alkanes) is 1. The molecule has 1 unspecified atom stereocenters. The second kappa shape index (κ2) is 15.0. The summed E-state index contributed by atoms with van der Waals surface area (Å²) < 4.78 is 10.6. The number of likely N-dealkylation sites (N-methyl/N-ethyl adjacent to an activating group) is 1. The smallest absolute Gasteiger partial charge is 0.305 e. The Balaban J connectivity index is 2.14. The molecule has 1 aromatic heterocycles. The third-order valence-corrected chi connectivity index (χ3v) is 6.07. The molecule has 0 aliphatic rings. The highest BCUT2D eigenvalue weighted by Gasteiger charge is 2.30. The van der Waals surface area contributed by atoms with Gasteiger partial charge in [-0.2, -0.15) is 4.98 Å². The Hall–Kier alpha value is -3.80. The van der Waals surface area contributed by atoms with Crippen molar-refractivity contribution in [3.8, 4) is 17.2 Å². The van der Waals surface area contributed by atoms with E-state index in [4.69, 9.17) is 9.26 Å². The van der Waals surface area contributed by atoms with Gasteiger partial charge in [0, 0.05) is 11.1 Å². The summed E-state index contributed by atoms with van der Waals surface area (Å²) in [6.07, 6.45) is 1.18. The van der Waals surface area contributed by atoms with Gasteiger partial charge < -0.3 is 25.0 Å². The topological polar surface area (TPSA) is 164 Å². The van der Waals surface area contributed by atoms with E-state index in [1.165, 1.54) is 7.11 Å². The molecule has 2 aromatic rings. The van der Waals surface area contributed by atoms with E-state index in [-0.39, 0.29) is 18.9 Å². The third-order valence-electron chi connectivity index (χ3n) is 6.07. The number of carbonyl (C=O) groups excluding carboxylic acids is 3. The number of aromatic nitrogens is 2. The molecule has 12 nitrogen and oxygen atoms in total.